The number of imidazole rings is 1. The number of halogens is 1. The molecule has 0 aliphatic carbocycles. The molecule has 6 heterocycles. The van der Waals surface area contributed by atoms with Gasteiger partial charge in [0.15, 0.2) is 5.82 Å². The molecule has 10 nitrogen and oxygen atoms in total. The highest BCUT2D eigenvalue weighted by Crippen LogP contribution is 2.32. The Kier molecular flexibility index (Phi) is 4.73. The Balaban J connectivity index is 1.31. The molecule has 0 radical (unpaired) electrons. The van der Waals surface area contributed by atoms with Crippen LogP contribution in [0.4, 0.5) is 10.2 Å². The van der Waals surface area contributed by atoms with Crippen LogP contribution in [0, 0.1) is 12.7 Å². The number of anilines is 1. The molecule has 0 saturated carbocycles. The van der Waals surface area contributed by atoms with Crippen LogP contribution in [0.5, 0.6) is 0 Å². The minimum Gasteiger partial charge on any atom is -0.352 e. The van der Waals surface area contributed by atoms with Crippen molar-refractivity contribution in [1.82, 2.24) is 40.1 Å². The molecule has 4 N–H and O–H groups in total. The lowest BCUT2D eigenvalue weighted by Gasteiger charge is -2.37. The zero-order valence-corrected chi connectivity index (χ0v) is 19.8. The number of nitrogens with zero attached hydrogens (tertiary/aromatic N) is 7. The smallest absolute Gasteiger partial charge is 0.159 e. The molecule has 7 rings (SSSR count). The van der Waals surface area contributed by atoms with Crippen molar-refractivity contribution in [3.8, 4) is 34.0 Å². The average molecular weight is 493 g/mol. The van der Waals surface area contributed by atoms with Crippen molar-refractivity contribution >= 4 is 27.8 Å². The predicted molar refractivity (Wildman–Crippen MR) is 138 cm³/mol. The summed E-state index contributed by atoms with van der Waals surface area (Å²) in [4.78, 5) is 28.2. The molecule has 1 fully saturated rings. The minimum absolute atomic E-state index is 0.165. The summed E-state index contributed by atoms with van der Waals surface area (Å²) in [6.45, 7) is 3.37. The number of aromatic nitrogens is 8. The standard InChI is InChI=1S/C26H21FN10/c1-13-2-14(4-15(27)3-13)18-6-29-8-22-24(18)34-26(33-22)25-17-5-19(31-9-20(17)35-36-25)21-7-30-10-23(32-21)37-11-16(28)12-37/h2-10,16H,11-12,28H2,1H3,(H,33,34)(H,35,36). The van der Waals surface area contributed by atoms with E-state index in [1.54, 1.807) is 31.0 Å². The van der Waals surface area contributed by atoms with Crippen LogP contribution in [0.25, 0.3) is 56.0 Å². The van der Waals surface area contributed by atoms with Crippen LogP contribution >= 0.6 is 0 Å². The fourth-order valence-electron chi connectivity index (χ4n) is 4.72. The van der Waals surface area contributed by atoms with Gasteiger partial charge in [0.05, 0.1) is 47.0 Å². The summed E-state index contributed by atoms with van der Waals surface area (Å²) in [5.41, 5.74) is 12.3. The third-order valence-electron chi connectivity index (χ3n) is 6.54. The van der Waals surface area contributed by atoms with E-state index in [2.05, 4.69) is 35.0 Å². The molecule has 6 aromatic rings. The van der Waals surface area contributed by atoms with Crippen LogP contribution in [0.3, 0.4) is 0 Å². The van der Waals surface area contributed by atoms with Gasteiger partial charge >= 0.3 is 0 Å². The summed E-state index contributed by atoms with van der Waals surface area (Å²) >= 11 is 0. The molecule has 0 spiro atoms. The maximum absolute atomic E-state index is 14.1. The van der Waals surface area contributed by atoms with E-state index in [1.165, 1.54) is 12.1 Å². The van der Waals surface area contributed by atoms with E-state index in [-0.39, 0.29) is 11.9 Å². The van der Waals surface area contributed by atoms with Gasteiger partial charge in [0, 0.05) is 36.3 Å². The molecule has 0 atom stereocenters. The van der Waals surface area contributed by atoms with Gasteiger partial charge in [0.1, 0.15) is 23.0 Å². The quantitative estimate of drug-likeness (QED) is 0.339. The van der Waals surface area contributed by atoms with Gasteiger partial charge in [-0.2, -0.15) is 5.10 Å². The molecular weight excluding hydrogens is 471 g/mol. The molecule has 182 valence electrons. The SMILES string of the molecule is Cc1cc(F)cc(-c2cncc3[nH]c(-c4n[nH]c5cnc(-c6cncc(N7CC(N)C7)n6)cc45)nc23)c1. The van der Waals surface area contributed by atoms with Crippen molar-refractivity contribution in [3.63, 3.8) is 0 Å². The molecule has 0 unspecified atom stereocenters. The first-order valence-corrected chi connectivity index (χ1v) is 11.8. The molecule has 37 heavy (non-hydrogen) atoms. The van der Waals surface area contributed by atoms with Crippen molar-refractivity contribution in [2.24, 2.45) is 5.73 Å². The van der Waals surface area contributed by atoms with Gasteiger partial charge in [-0.05, 0) is 36.2 Å². The first kappa shape index (κ1) is 21.5. The number of benzene rings is 1. The summed E-state index contributed by atoms with van der Waals surface area (Å²) in [5.74, 6) is 1.04. The van der Waals surface area contributed by atoms with Gasteiger partial charge in [-0.3, -0.25) is 20.1 Å². The highest BCUT2D eigenvalue weighted by molar-refractivity contribution is 5.97. The van der Waals surface area contributed by atoms with Crippen molar-refractivity contribution in [2.75, 3.05) is 18.0 Å². The number of aromatic amines is 2. The summed E-state index contributed by atoms with van der Waals surface area (Å²) in [5, 5.41) is 8.36. The number of nitrogens with one attached hydrogen (secondary N) is 2. The zero-order valence-electron chi connectivity index (χ0n) is 19.8. The normalized spacial score (nSPS) is 14.0. The second-order valence-electron chi connectivity index (χ2n) is 9.30. The Labute approximate surface area is 209 Å². The summed E-state index contributed by atoms with van der Waals surface area (Å²) in [7, 11) is 0. The van der Waals surface area contributed by atoms with Crippen LogP contribution in [-0.4, -0.2) is 59.2 Å². The number of rotatable bonds is 4. The van der Waals surface area contributed by atoms with Gasteiger partial charge < -0.3 is 15.6 Å². The lowest BCUT2D eigenvalue weighted by atomic mass is 10.0. The fourth-order valence-corrected chi connectivity index (χ4v) is 4.72. The highest BCUT2D eigenvalue weighted by Gasteiger charge is 2.25. The van der Waals surface area contributed by atoms with E-state index in [1.807, 2.05) is 19.1 Å². The first-order chi connectivity index (χ1) is 18.0. The third kappa shape index (κ3) is 3.67. The van der Waals surface area contributed by atoms with Crippen LogP contribution in [0.1, 0.15) is 5.56 Å². The number of hydrogen-bond donors (Lipinski definition) is 3. The third-order valence-corrected chi connectivity index (χ3v) is 6.54. The number of fused-ring (bicyclic) bond motifs is 2. The molecule has 1 aromatic carbocycles. The topological polar surface area (TPSA) is 138 Å². The lowest BCUT2D eigenvalue weighted by Crippen LogP contribution is -2.56. The lowest BCUT2D eigenvalue weighted by molar-refractivity contribution is 0.514. The second kappa shape index (κ2) is 8.14. The second-order valence-corrected chi connectivity index (χ2v) is 9.30. The van der Waals surface area contributed by atoms with E-state index in [0.717, 1.165) is 46.5 Å². The van der Waals surface area contributed by atoms with Gasteiger partial charge in [0.25, 0.3) is 0 Å². The average Bonchev–Trinajstić information content (AvgIpc) is 3.49. The Morgan fingerprint density at radius 2 is 1.81 bits per heavy atom. The Bertz CT molecular complexity index is 1780. The molecule has 1 aliphatic heterocycles. The highest BCUT2D eigenvalue weighted by atomic mass is 19.1. The van der Waals surface area contributed by atoms with E-state index >= 15 is 0 Å². The van der Waals surface area contributed by atoms with E-state index in [0.29, 0.717) is 34.0 Å². The van der Waals surface area contributed by atoms with Crippen molar-refractivity contribution < 1.29 is 4.39 Å². The van der Waals surface area contributed by atoms with Gasteiger partial charge in [-0.15, -0.1) is 0 Å². The number of pyridine rings is 2. The molecule has 0 amide bonds. The molecule has 11 heteroatoms. The summed E-state index contributed by atoms with van der Waals surface area (Å²) in [6.07, 6.45) is 8.55. The van der Waals surface area contributed by atoms with Crippen molar-refractivity contribution in [2.45, 2.75) is 13.0 Å². The van der Waals surface area contributed by atoms with Crippen molar-refractivity contribution in [3.05, 3.63) is 66.6 Å². The van der Waals surface area contributed by atoms with Crippen LogP contribution in [0.15, 0.2) is 55.2 Å². The maximum Gasteiger partial charge on any atom is 0.159 e. The number of H-pyrrole nitrogens is 2. The number of hydrogen-bond acceptors (Lipinski definition) is 8. The summed E-state index contributed by atoms with van der Waals surface area (Å²) in [6, 6.07) is 6.98. The van der Waals surface area contributed by atoms with Crippen LogP contribution in [-0.2, 0) is 0 Å². The molecular formula is C26H21FN10. The van der Waals surface area contributed by atoms with E-state index in [9.17, 15) is 4.39 Å². The Morgan fingerprint density at radius 1 is 0.946 bits per heavy atom. The molecule has 5 aromatic heterocycles. The predicted octanol–water partition coefficient (Wildman–Crippen LogP) is 3.62. The number of nitrogens with two attached hydrogens (primary N) is 1. The van der Waals surface area contributed by atoms with Crippen molar-refractivity contribution in [1.29, 1.82) is 0 Å². The van der Waals surface area contributed by atoms with Gasteiger partial charge in [0.2, 0.25) is 0 Å². The summed E-state index contributed by atoms with van der Waals surface area (Å²) < 4.78 is 14.1. The molecule has 0 bridgehead atoms. The Morgan fingerprint density at radius 3 is 2.65 bits per heavy atom. The molecule has 1 aliphatic rings. The van der Waals surface area contributed by atoms with Crippen LogP contribution < -0.4 is 10.6 Å². The van der Waals surface area contributed by atoms with Gasteiger partial charge in [-0.25, -0.2) is 14.4 Å². The Hall–Kier alpha value is -4.77. The molecule has 1 saturated heterocycles. The van der Waals surface area contributed by atoms with Gasteiger partial charge in [-0.1, -0.05) is 6.07 Å². The maximum atomic E-state index is 14.1. The van der Waals surface area contributed by atoms with E-state index < -0.39 is 0 Å². The van der Waals surface area contributed by atoms with E-state index in [4.69, 9.17) is 15.7 Å². The first-order valence-electron chi connectivity index (χ1n) is 11.8. The fraction of sp³-hybridized carbons (Fsp3) is 0.154. The monoisotopic (exact) mass is 492 g/mol. The van der Waals surface area contributed by atoms with Crippen LogP contribution in [0.2, 0.25) is 0 Å². The zero-order chi connectivity index (χ0) is 25.1. The number of aryl methyl sites for hydroxylation is 1. The largest absolute Gasteiger partial charge is 0.352 e. The minimum atomic E-state index is -0.301.